The Hall–Kier alpha value is -2.96. The van der Waals surface area contributed by atoms with Crippen LogP contribution in [0.5, 0.6) is 0 Å². The van der Waals surface area contributed by atoms with Crippen molar-refractivity contribution in [1.82, 2.24) is 14.9 Å². The number of rotatable bonds is 4. The summed E-state index contributed by atoms with van der Waals surface area (Å²) in [5.74, 6) is 0.0727. The number of para-hydroxylation sites is 1. The molecular formula is C20H25N5O2. The molecule has 7 heteroatoms. The van der Waals surface area contributed by atoms with Gasteiger partial charge in [-0.25, -0.2) is 9.97 Å². The van der Waals surface area contributed by atoms with Gasteiger partial charge >= 0.3 is 0 Å². The quantitative estimate of drug-likeness (QED) is 0.894. The van der Waals surface area contributed by atoms with Gasteiger partial charge in [0.2, 0.25) is 11.9 Å². The van der Waals surface area contributed by atoms with Gasteiger partial charge in [-0.05, 0) is 37.5 Å². The van der Waals surface area contributed by atoms with E-state index >= 15 is 0 Å². The molecule has 1 atom stereocenters. The van der Waals surface area contributed by atoms with Crippen LogP contribution in [0.15, 0.2) is 36.4 Å². The Morgan fingerprint density at radius 3 is 2.59 bits per heavy atom. The van der Waals surface area contributed by atoms with Gasteiger partial charge < -0.3 is 15.5 Å². The van der Waals surface area contributed by atoms with E-state index in [1.54, 1.807) is 22.8 Å². The highest BCUT2D eigenvalue weighted by atomic mass is 16.2. The van der Waals surface area contributed by atoms with Crippen molar-refractivity contribution in [3.63, 3.8) is 0 Å². The lowest BCUT2D eigenvalue weighted by molar-refractivity contribution is -0.124. The maximum absolute atomic E-state index is 13.0. The summed E-state index contributed by atoms with van der Waals surface area (Å²) in [4.78, 5) is 37.4. The molecule has 0 radical (unpaired) electrons. The number of carbonyl (C=O) groups excluding carboxylic acids is 2. The molecule has 2 N–H and O–H groups in total. The first-order valence-corrected chi connectivity index (χ1v) is 9.17. The van der Waals surface area contributed by atoms with Crippen LogP contribution in [0.4, 0.5) is 11.6 Å². The second-order valence-electron chi connectivity index (χ2n) is 7.20. The average molecular weight is 367 g/mol. The van der Waals surface area contributed by atoms with Gasteiger partial charge in [0.1, 0.15) is 11.7 Å². The first-order chi connectivity index (χ1) is 12.9. The van der Waals surface area contributed by atoms with Gasteiger partial charge in [0.15, 0.2) is 0 Å². The minimum absolute atomic E-state index is 0.0819. The molecule has 1 aromatic carbocycles. The molecule has 1 saturated heterocycles. The number of piperazine rings is 1. The summed E-state index contributed by atoms with van der Waals surface area (Å²) >= 11 is 0. The van der Waals surface area contributed by atoms with Crippen molar-refractivity contribution in [2.24, 2.45) is 5.92 Å². The zero-order valence-corrected chi connectivity index (χ0v) is 15.9. The number of nitrogen functional groups attached to an aromatic ring is 1. The Balaban J connectivity index is 1.80. The molecule has 0 spiro atoms. The smallest absolute Gasteiger partial charge is 0.273 e. The summed E-state index contributed by atoms with van der Waals surface area (Å²) in [5, 5.41) is 0. The number of hydrogen-bond donors (Lipinski definition) is 1. The summed E-state index contributed by atoms with van der Waals surface area (Å²) in [6.45, 7) is 6.77. The van der Waals surface area contributed by atoms with Crippen LogP contribution in [-0.2, 0) is 11.2 Å². The fourth-order valence-corrected chi connectivity index (χ4v) is 3.31. The van der Waals surface area contributed by atoms with Crippen LogP contribution in [-0.4, -0.2) is 45.8 Å². The summed E-state index contributed by atoms with van der Waals surface area (Å²) < 4.78 is 0. The number of amides is 2. The first-order valence-electron chi connectivity index (χ1n) is 9.17. The van der Waals surface area contributed by atoms with Crippen LogP contribution < -0.4 is 10.6 Å². The highest BCUT2D eigenvalue weighted by Crippen LogP contribution is 2.21. The van der Waals surface area contributed by atoms with Crippen molar-refractivity contribution in [1.29, 1.82) is 0 Å². The van der Waals surface area contributed by atoms with Gasteiger partial charge in [0.25, 0.3) is 5.91 Å². The highest BCUT2D eigenvalue weighted by Gasteiger charge is 2.36. The largest absolute Gasteiger partial charge is 0.368 e. The second-order valence-corrected chi connectivity index (χ2v) is 7.20. The molecule has 142 valence electrons. The van der Waals surface area contributed by atoms with Gasteiger partial charge in [0, 0.05) is 24.5 Å². The molecule has 1 aliphatic rings. The molecule has 2 heterocycles. The van der Waals surface area contributed by atoms with Gasteiger partial charge in [0.05, 0.1) is 0 Å². The Morgan fingerprint density at radius 1 is 1.22 bits per heavy atom. The van der Waals surface area contributed by atoms with Crippen LogP contribution in [0.2, 0.25) is 0 Å². The molecule has 0 aliphatic carbocycles. The third-order valence-electron chi connectivity index (χ3n) is 4.62. The molecular weight excluding hydrogens is 342 g/mol. The topological polar surface area (TPSA) is 92.4 Å². The summed E-state index contributed by atoms with van der Waals surface area (Å²) in [5.41, 5.74) is 7.61. The molecule has 3 rings (SSSR count). The Kier molecular flexibility index (Phi) is 5.39. The lowest BCUT2D eigenvalue weighted by Gasteiger charge is -2.39. The fourth-order valence-electron chi connectivity index (χ4n) is 3.31. The van der Waals surface area contributed by atoms with Crippen molar-refractivity contribution in [2.45, 2.75) is 33.2 Å². The van der Waals surface area contributed by atoms with E-state index < -0.39 is 6.04 Å². The number of benzene rings is 1. The predicted octanol–water partition coefficient (Wildman–Crippen LogP) is 2.13. The van der Waals surface area contributed by atoms with E-state index in [2.05, 4.69) is 23.8 Å². The van der Waals surface area contributed by atoms with Gasteiger partial charge in [-0.3, -0.25) is 9.59 Å². The van der Waals surface area contributed by atoms with Crippen molar-refractivity contribution in [3.05, 3.63) is 47.8 Å². The fraction of sp³-hybridized carbons (Fsp3) is 0.400. The van der Waals surface area contributed by atoms with Crippen LogP contribution in [0.25, 0.3) is 0 Å². The lowest BCUT2D eigenvalue weighted by Crippen LogP contribution is -2.57. The summed E-state index contributed by atoms with van der Waals surface area (Å²) in [6, 6.07) is 10.6. The minimum Gasteiger partial charge on any atom is -0.368 e. The third-order valence-corrected chi connectivity index (χ3v) is 4.62. The summed E-state index contributed by atoms with van der Waals surface area (Å²) in [6.07, 6.45) is 0.712. The van der Waals surface area contributed by atoms with Crippen molar-refractivity contribution < 1.29 is 9.59 Å². The third kappa shape index (κ3) is 4.07. The number of anilines is 2. The molecule has 0 saturated carbocycles. The number of nitrogens with two attached hydrogens (primary N) is 1. The molecule has 1 fully saturated rings. The zero-order chi connectivity index (χ0) is 19.6. The zero-order valence-electron chi connectivity index (χ0n) is 15.9. The van der Waals surface area contributed by atoms with Crippen LogP contribution in [0.1, 0.15) is 37.0 Å². The van der Waals surface area contributed by atoms with Crippen LogP contribution in [0.3, 0.4) is 0 Å². The maximum Gasteiger partial charge on any atom is 0.273 e. The number of aromatic nitrogens is 2. The Bertz CT molecular complexity index is 838. The van der Waals surface area contributed by atoms with E-state index in [9.17, 15) is 9.59 Å². The molecule has 27 heavy (non-hydrogen) atoms. The summed E-state index contributed by atoms with van der Waals surface area (Å²) in [7, 11) is 0. The van der Waals surface area contributed by atoms with E-state index in [1.165, 1.54) is 0 Å². The SMILES string of the molecule is CC(C)Cc1cc(C(=O)N2CCN(c3ccccc3)C(=O)C2C)nc(N)n1. The van der Waals surface area contributed by atoms with E-state index in [4.69, 9.17) is 5.73 Å². The van der Waals surface area contributed by atoms with Crippen molar-refractivity contribution in [2.75, 3.05) is 23.7 Å². The Labute approximate surface area is 159 Å². The molecule has 1 aromatic heterocycles. The minimum atomic E-state index is -0.573. The van der Waals surface area contributed by atoms with Gasteiger partial charge in [-0.1, -0.05) is 32.0 Å². The second kappa shape index (κ2) is 7.73. The standard InChI is InChI=1S/C20H25N5O2/c1-13(2)11-15-12-17(23-20(21)22-15)19(27)24-9-10-25(18(26)14(24)3)16-7-5-4-6-8-16/h4-8,12-14H,9-11H2,1-3H3,(H2,21,22,23). The average Bonchev–Trinajstić information content (AvgIpc) is 2.63. The number of hydrogen-bond acceptors (Lipinski definition) is 5. The van der Waals surface area contributed by atoms with E-state index in [1.807, 2.05) is 30.3 Å². The monoisotopic (exact) mass is 367 g/mol. The van der Waals surface area contributed by atoms with E-state index in [-0.39, 0.29) is 23.5 Å². The molecule has 1 aliphatic heterocycles. The van der Waals surface area contributed by atoms with Crippen molar-refractivity contribution >= 4 is 23.5 Å². The van der Waals surface area contributed by atoms with Crippen LogP contribution in [0, 0.1) is 5.92 Å². The number of nitrogens with zero attached hydrogens (tertiary/aromatic N) is 4. The molecule has 2 aromatic rings. The number of carbonyl (C=O) groups is 2. The van der Waals surface area contributed by atoms with E-state index in [0.717, 1.165) is 11.4 Å². The van der Waals surface area contributed by atoms with E-state index in [0.29, 0.717) is 25.4 Å². The van der Waals surface area contributed by atoms with Gasteiger partial charge in [-0.15, -0.1) is 0 Å². The molecule has 7 nitrogen and oxygen atoms in total. The normalized spacial score (nSPS) is 17.5. The van der Waals surface area contributed by atoms with Crippen LogP contribution >= 0.6 is 0 Å². The lowest BCUT2D eigenvalue weighted by atomic mass is 10.1. The Morgan fingerprint density at radius 2 is 1.93 bits per heavy atom. The first kappa shape index (κ1) is 18.8. The van der Waals surface area contributed by atoms with Gasteiger partial charge in [-0.2, -0.15) is 0 Å². The predicted molar refractivity (Wildman–Crippen MR) is 104 cm³/mol. The molecule has 2 amide bonds. The molecule has 1 unspecified atom stereocenters. The maximum atomic E-state index is 13.0. The highest BCUT2D eigenvalue weighted by molar-refractivity contribution is 6.02. The molecule has 0 bridgehead atoms. The van der Waals surface area contributed by atoms with Crippen molar-refractivity contribution in [3.8, 4) is 0 Å².